The molecule has 0 bridgehead atoms. The van der Waals surface area contributed by atoms with Crippen LogP contribution >= 0.6 is 0 Å². The Morgan fingerprint density at radius 3 is 2.64 bits per heavy atom. The highest BCUT2D eigenvalue weighted by Gasteiger charge is 2.13. The highest BCUT2D eigenvalue weighted by Crippen LogP contribution is 2.14. The lowest BCUT2D eigenvalue weighted by Gasteiger charge is -2.08. The van der Waals surface area contributed by atoms with Gasteiger partial charge in [-0.25, -0.2) is 4.68 Å². The van der Waals surface area contributed by atoms with Gasteiger partial charge in [0, 0.05) is 5.56 Å². The Morgan fingerprint density at radius 2 is 1.84 bits per heavy atom. The van der Waals surface area contributed by atoms with E-state index < -0.39 is 0 Å². The maximum Gasteiger partial charge on any atom is 0.258 e. The summed E-state index contributed by atoms with van der Waals surface area (Å²) in [5.41, 5.74) is 2.04. The molecule has 0 spiro atoms. The van der Waals surface area contributed by atoms with Crippen LogP contribution in [0.4, 0.5) is 5.95 Å². The second-order valence-corrected chi connectivity index (χ2v) is 5.18. The van der Waals surface area contributed by atoms with Crippen LogP contribution in [-0.4, -0.2) is 35.7 Å². The summed E-state index contributed by atoms with van der Waals surface area (Å²) < 4.78 is 3.16. The molecule has 0 atom stereocenters. The number of nitrogens with one attached hydrogen (secondary N) is 1. The van der Waals surface area contributed by atoms with Crippen LogP contribution in [0.5, 0.6) is 0 Å². The van der Waals surface area contributed by atoms with Crippen molar-refractivity contribution in [2.24, 2.45) is 0 Å². The van der Waals surface area contributed by atoms with E-state index >= 15 is 0 Å². The van der Waals surface area contributed by atoms with Gasteiger partial charge < -0.3 is 0 Å². The molecule has 1 N–H and O–H groups in total. The van der Waals surface area contributed by atoms with Crippen molar-refractivity contribution < 1.29 is 4.79 Å². The van der Waals surface area contributed by atoms with Crippen molar-refractivity contribution in [3.63, 3.8) is 0 Å². The van der Waals surface area contributed by atoms with Crippen molar-refractivity contribution in [2.75, 3.05) is 5.32 Å². The zero-order valence-electron chi connectivity index (χ0n) is 13.0. The number of hydrogen-bond acceptors (Lipinski definition) is 5. The van der Waals surface area contributed by atoms with Crippen LogP contribution in [-0.2, 0) is 0 Å². The number of aromatic nitrogens is 6. The molecule has 0 fully saturated rings. The van der Waals surface area contributed by atoms with E-state index in [0.717, 1.165) is 11.4 Å². The molecule has 0 aliphatic rings. The molecule has 4 aromatic rings. The van der Waals surface area contributed by atoms with Gasteiger partial charge >= 0.3 is 0 Å². The smallest absolute Gasteiger partial charge is 0.258 e. The Morgan fingerprint density at radius 1 is 1.00 bits per heavy atom. The molecular weight excluding hydrogens is 318 g/mol. The summed E-state index contributed by atoms with van der Waals surface area (Å²) in [6, 6.07) is 16.5. The third-order valence-corrected chi connectivity index (χ3v) is 3.57. The van der Waals surface area contributed by atoms with Gasteiger partial charge in [-0.2, -0.15) is 14.8 Å². The zero-order chi connectivity index (χ0) is 17.1. The van der Waals surface area contributed by atoms with Gasteiger partial charge in [-0.1, -0.05) is 29.5 Å². The Balaban J connectivity index is 1.60. The first kappa shape index (κ1) is 14.8. The van der Waals surface area contributed by atoms with E-state index in [1.165, 1.54) is 6.33 Å². The first-order valence-electron chi connectivity index (χ1n) is 7.55. The molecule has 0 saturated heterocycles. The number of nitrogens with zero attached hydrogens (tertiary/aromatic N) is 6. The maximum atomic E-state index is 12.6. The summed E-state index contributed by atoms with van der Waals surface area (Å²) in [6.07, 6.45) is 4.69. The molecule has 0 radical (unpaired) electrons. The van der Waals surface area contributed by atoms with Crippen molar-refractivity contribution in [3.8, 4) is 11.4 Å². The fourth-order valence-electron chi connectivity index (χ4n) is 2.39. The van der Waals surface area contributed by atoms with E-state index in [4.69, 9.17) is 0 Å². The average molecular weight is 331 g/mol. The summed E-state index contributed by atoms with van der Waals surface area (Å²) in [4.78, 5) is 16.7. The summed E-state index contributed by atoms with van der Waals surface area (Å²) in [5, 5.41) is 14.6. The van der Waals surface area contributed by atoms with Crippen LogP contribution in [0, 0.1) is 0 Å². The van der Waals surface area contributed by atoms with Gasteiger partial charge in [-0.3, -0.25) is 10.1 Å². The van der Waals surface area contributed by atoms with Crippen LogP contribution in [0.1, 0.15) is 10.4 Å². The Labute approximate surface area is 142 Å². The highest BCUT2D eigenvalue weighted by molar-refractivity contribution is 6.03. The van der Waals surface area contributed by atoms with Crippen LogP contribution in [0.2, 0.25) is 0 Å². The van der Waals surface area contributed by atoms with Gasteiger partial charge in [-0.15, -0.1) is 5.10 Å². The molecule has 25 heavy (non-hydrogen) atoms. The lowest BCUT2D eigenvalue weighted by molar-refractivity contribution is 0.102. The number of carbonyl (C=O) groups excluding carboxylic acids is 1. The summed E-state index contributed by atoms with van der Waals surface area (Å²) >= 11 is 0. The molecular formula is C17H13N7O. The van der Waals surface area contributed by atoms with Gasteiger partial charge in [0.2, 0.25) is 5.95 Å². The number of amides is 1. The van der Waals surface area contributed by atoms with Crippen molar-refractivity contribution >= 4 is 11.9 Å². The fourth-order valence-corrected chi connectivity index (χ4v) is 2.39. The van der Waals surface area contributed by atoms with E-state index in [1.54, 1.807) is 40.0 Å². The fraction of sp³-hybridized carbons (Fsp3) is 0. The van der Waals surface area contributed by atoms with Gasteiger partial charge in [0.25, 0.3) is 5.91 Å². The average Bonchev–Trinajstić information content (AvgIpc) is 3.34. The van der Waals surface area contributed by atoms with Crippen molar-refractivity contribution in [1.82, 2.24) is 29.8 Å². The normalized spacial score (nSPS) is 10.6. The number of para-hydroxylation sites is 1. The molecule has 8 heteroatoms. The van der Waals surface area contributed by atoms with Gasteiger partial charge in [-0.05, 0) is 30.3 Å². The SMILES string of the molecule is O=C(Nc1ncnn1-c1ccccc1)c1cccc(-n2ccnn2)c1. The van der Waals surface area contributed by atoms with Gasteiger partial charge in [0.15, 0.2) is 0 Å². The van der Waals surface area contributed by atoms with Crippen molar-refractivity contribution in [3.05, 3.63) is 78.9 Å². The number of benzene rings is 2. The first-order valence-corrected chi connectivity index (χ1v) is 7.55. The quantitative estimate of drug-likeness (QED) is 0.618. The summed E-state index contributed by atoms with van der Waals surface area (Å²) in [7, 11) is 0. The molecule has 0 saturated carbocycles. The number of anilines is 1. The molecule has 0 unspecified atom stereocenters. The van der Waals surface area contributed by atoms with Crippen LogP contribution in [0.3, 0.4) is 0 Å². The minimum Gasteiger partial charge on any atom is -0.290 e. The molecule has 8 nitrogen and oxygen atoms in total. The molecule has 2 aromatic heterocycles. The first-order chi connectivity index (χ1) is 12.3. The summed E-state index contributed by atoms with van der Waals surface area (Å²) in [5.74, 6) is 0.0644. The van der Waals surface area contributed by atoms with Gasteiger partial charge in [0.05, 0.1) is 23.8 Å². The lowest BCUT2D eigenvalue weighted by Crippen LogP contribution is -2.16. The monoisotopic (exact) mass is 331 g/mol. The minimum atomic E-state index is -0.285. The number of carbonyl (C=O) groups is 1. The summed E-state index contributed by atoms with van der Waals surface area (Å²) in [6.45, 7) is 0. The predicted octanol–water partition coefficient (Wildman–Crippen LogP) is 2.10. The molecule has 1 amide bonds. The van der Waals surface area contributed by atoms with E-state index in [-0.39, 0.29) is 5.91 Å². The Kier molecular flexibility index (Phi) is 3.76. The highest BCUT2D eigenvalue weighted by atomic mass is 16.1. The van der Waals surface area contributed by atoms with Crippen molar-refractivity contribution in [1.29, 1.82) is 0 Å². The van der Waals surface area contributed by atoms with Gasteiger partial charge in [0.1, 0.15) is 6.33 Å². The van der Waals surface area contributed by atoms with E-state index in [2.05, 4.69) is 25.7 Å². The second-order valence-electron chi connectivity index (χ2n) is 5.18. The minimum absolute atomic E-state index is 0.285. The van der Waals surface area contributed by atoms with Crippen LogP contribution < -0.4 is 5.32 Å². The molecule has 0 aliphatic heterocycles. The van der Waals surface area contributed by atoms with E-state index in [9.17, 15) is 4.79 Å². The lowest BCUT2D eigenvalue weighted by atomic mass is 10.2. The third kappa shape index (κ3) is 3.00. The third-order valence-electron chi connectivity index (χ3n) is 3.57. The maximum absolute atomic E-state index is 12.6. The van der Waals surface area contributed by atoms with Crippen LogP contribution in [0.15, 0.2) is 73.3 Å². The molecule has 0 aliphatic carbocycles. The Bertz CT molecular complexity index is 993. The predicted molar refractivity (Wildman–Crippen MR) is 90.7 cm³/mol. The van der Waals surface area contributed by atoms with Crippen molar-refractivity contribution in [2.45, 2.75) is 0 Å². The zero-order valence-corrected chi connectivity index (χ0v) is 13.0. The second kappa shape index (κ2) is 6.36. The topological polar surface area (TPSA) is 90.5 Å². The molecule has 4 rings (SSSR count). The number of rotatable bonds is 4. The molecule has 2 heterocycles. The number of hydrogen-bond donors (Lipinski definition) is 1. The molecule has 122 valence electrons. The largest absolute Gasteiger partial charge is 0.290 e. The standard InChI is InChI=1S/C17H13N7O/c25-16(13-5-4-8-15(11-13)23-10-9-19-22-23)21-17-18-12-20-24(17)14-6-2-1-3-7-14/h1-12H,(H,18,20,21,25). The van der Waals surface area contributed by atoms with E-state index in [1.807, 2.05) is 36.4 Å². The van der Waals surface area contributed by atoms with E-state index in [0.29, 0.717) is 11.5 Å². The Hall–Kier alpha value is -3.81. The molecule has 2 aromatic carbocycles. The van der Waals surface area contributed by atoms with Crippen LogP contribution in [0.25, 0.3) is 11.4 Å².